The van der Waals surface area contributed by atoms with Crippen LogP contribution in [0, 0.1) is 0 Å². The van der Waals surface area contributed by atoms with Gasteiger partial charge in [0.25, 0.3) is 0 Å². The van der Waals surface area contributed by atoms with E-state index in [1.807, 2.05) is 16.8 Å². The van der Waals surface area contributed by atoms with E-state index in [1.54, 1.807) is 18.3 Å². The number of nitrogens with zero attached hydrogens (tertiary/aromatic N) is 5. The highest BCUT2D eigenvalue weighted by atomic mass is 32.2. The van der Waals surface area contributed by atoms with Crippen molar-refractivity contribution in [3.05, 3.63) is 30.5 Å². The van der Waals surface area contributed by atoms with Gasteiger partial charge in [0.2, 0.25) is 16.0 Å². The van der Waals surface area contributed by atoms with Crippen LogP contribution in [0.5, 0.6) is 0 Å². The Morgan fingerprint density at radius 2 is 1.85 bits per heavy atom. The molecule has 0 bridgehead atoms. The second-order valence-corrected chi connectivity index (χ2v) is 11.2. The highest BCUT2D eigenvalue weighted by Crippen LogP contribution is 2.35. The number of hydrogen-bond donors (Lipinski definition) is 2. The van der Waals surface area contributed by atoms with E-state index < -0.39 is 10.0 Å². The lowest BCUT2D eigenvalue weighted by molar-refractivity contribution is 0.109. The summed E-state index contributed by atoms with van der Waals surface area (Å²) in [6.07, 6.45) is 7.77. The molecule has 2 fully saturated rings. The number of rotatable bonds is 8. The Hall–Kier alpha value is -2.56. The molecule has 2 aliphatic rings. The van der Waals surface area contributed by atoms with Gasteiger partial charge in [0, 0.05) is 31.4 Å². The standard InChI is InChI=1S/C24H32N6O3S/c1-2-3-13-25-24-26-16-21-22(28-30(23(21)27-24)18-7-9-19(31)10-8-18)17-5-11-20(12-6-17)34(32,33)29-14-4-15-29/h5-6,11-12,16,18-19,31H,2-4,7-10,13-15H2,1H3,(H,25,26,27). The Morgan fingerprint density at radius 3 is 2.50 bits per heavy atom. The third kappa shape index (κ3) is 4.42. The summed E-state index contributed by atoms with van der Waals surface area (Å²) in [4.78, 5) is 9.62. The molecule has 34 heavy (non-hydrogen) atoms. The Bertz CT molecular complexity index is 1250. The molecule has 0 spiro atoms. The van der Waals surface area contributed by atoms with Crippen molar-refractivity contribution in [2.45, 2.75) is 68.9 Å². The number of aliphatic hydroxyl groups is 1. The second-order valence-electron chi connectivity index (χ2n) is 9.25. The zero-order valence-electron chi connectivity index (χ0n) is 19.5. The lowest BCUT2D eigenvalue weighted by Gasteiger charge is -2.29. The second kappa shape index (κ2) is 9.59. The number of hydrogen-bond acceptors (Lipinski definition) is 7. The highest BCUT2D eigenvalue weighted by Gasteiger charge is 2.30. The topological polar surface area (TPSA) is 113 Å². The summed E-state index contributed by atoms with van der Waals surface area (Å²) in [5, 5.41) is 19.0. The van der Waals surface area contributed by atoms with Crippen LogP contribution < -0.4 is 5.32 Å². The van der Waals surface area contributed by atoms with Gasteiger partial charge in [0.05, 0.1) is 22.4 Å². The molecular formula is C24H32N6O3S. The minimum Gasteiger partial charge on any atom is -0.393 e. The van der Waals surface area contributed by atoms with E-state index in [2.05, 4.69) is 17.2 Å². The van der Waals surface area contributed by atoms with Crippen molar-refractivity contribution in [2.24, 2.45) is 0 Å². The van der Waals surface area contributed by atoms with Gasteiger partial charge in [-0.1, -0.05) is 25.5 Å². The molecule has 1 aliphatic heterocycles. The third-order valence-corrected chi connectivity index (χ3v) is 8.77. The first kappa shape index (κ1) is 23.2. The quantitative estimate of drug-likeness (QED) is 0.470. The predicted molar refractivity (Wildman–Crippen MR) is 131 cm³/mol. The molecule has 3 heterocycles. The van der Waals surface area contributed by atoms with Crippen LogP contribution in [0.3, 0.4) is 0 Å². The average Bonchev–Trinajstić information content (AvgIpc) is 3.17. The summed E-state index contributed by atoms with van der Waals surface area (Å²) >= 11 is 0. The van der Waals surface area contributed by atoms with E-state index in [0.717, 1.165) is 73.8 Å². The third-order valence-electron chi connectivity index (χ3n) is 6.85. The smallest absolute Gasteiger partial charge is 0.243 e. The molecule has 1 saturated carbocycles. The predicted octanol–water partition coefficient (Wildman–Crippen LogP) is 3.58. The van der Waals surface area contributed by atoms with Crippen molar-refractivity contribution in [1.82, 2.24) is 24.1 Å². The molecule has 0 radical (unpaired) electrons. The van der Waals surface area contributed by atoms with Gasteiger partial charge < -0.3 is 10.4 Å². The molecule has 3 aromatic rings. The number of nitrogens with one attached hydrogen (secondary N) is 1. The van der Waals surface area contributed by atoms with Crippen molar-refractivity contribution >= 4 is 27.0 Å². The number of unbranched alkanes of at least 4 members (excludes halogenated alkanes) is 1. The van der Waals surface area contributed by atoms with Crippen molar-refractivity contribution in [1.29, 1.82) is 0 Å². The lowest BCUT2D eigenvalue weighted by atomic mass is 9.93. The summed E-state index contributed by atoms with van der Waals surface area (Å²) in [7, 11) is -3.43. The minimum atomic E-state index is -3.43. The molecule has 10 heteroatoms. The normalized spacial score (nSPS) is 21.5. The van der Waals surface area contributed by atoms with E-state index >= 15 is 0 Å². The Morgan fingerprint density at radius 1 is 1.12 bits per heavy atom. The van der Waals surface area contributed by atoms with Gasteiger partial charge in [-0.2, -0.15) is 14.4 Å². The lowest BCUT2D eigenvalue weighted by Crippen LogP contribution is -2.41. The molecule has 0 amide bonds. The first-order chi connectivity index (χ1) is 16.5. The molecular weight excluding hydrogens is 452 g/mol. The summed E-state index contributed by atoms with van der Waals surface area (Å²) < 4.78 is 28.9. The summed E-state index contributed by atoms with van der Waals surface area (Å²) in [6.45, 7) is 4.12. The fraction of sp³-hybridized carbons (Fsp3) is 0.542. The number of aromatic nitrogens is 4. The average molecular weight is 485 g/mol. The van der Waals surface area contributed by atoms with E-state index in [4.69, 9.17) is 10.1 Å². The first-order valence-electron chi connectivity index (χ1n) is 12.2. The van der Waals surface area contributed by atoms with E-state index in [9.17, 15) is 13.5 Å². The molecule has 1 aromatic carbocycles. The number of anilines is 1. The molecule has 1 aliphatic carbocycles. The van der Waals surface area contributed by atoms with Gasteiger partial charge in [-0.15, -0.1) is 0 Å². The number of sulfonamides is 1. The van der Waals surface area contributed by atoms with Crippen LogP contribution in [0.1, 0.15) is 57.9 Å². The summed E-state index contributed by atoms with van der Waals surface area (Å²) in [5.74, 6) is 0.584. The number of fused-ring (bicyclic) bond motifs is 1. The van der Waals surface area contributed by atoms with Gasteiger partial charge in [-0.3, -0.25) is 0 Å². The van der Waals surface area contributed by atoms with Crippen LogP contribution in [0.4, 0.5) is 5.95 Å². The van der Waals surface area contributed by atoms with E-state index in [-0.39, 0.29) is 12.1 Å². The maximum absolute atomic E-state index is 12.7. The molecule has 0 unspecified atom stereocenters. The van der Waals surface area contributed by atoms with Crippen molar-refractivity contribution in [3.8, 4) is 11.3 Å². The Labute approximate surface area is 200 Å². The zero-order chi connectivity index (χ0) is 23.7. The van der Waals surface area contributed by atoms with Crippen LogP contribution >= 0.6 is 0 Å². The fourth-order valence-electron chi connectivity index (χ4n) is 4.62. The molecule has 1 saturated heterocycles. The molecule has 9 nitrogen and oxygen atoms in total. The summed E-state index contributed by atoms with van der Waals surface area (Å²) in [5.41, 5.74) is 2.34. The van der Waals surface area contributed by atoms with Crippen molar-refractivity contribution < 1.29 is 13.5 Å². The van der Waals surface area contributed by atoms with Gasteiger partial charge >= 0.3 is 0 Å². The SMILES string of the molecule is CCCCNc1ncc2c(-c3ccc(S(=O)(=O)N4CCC4)cc3)nn(C3CCC(O)CC3)c2n1. The van der Waals surface area contributed by atoms with Crippen LogP contribution in [0.2, 0.25) is 0 Å². The summed E-state index contributed by atoms with van der Waals surface area (Å²) in [6, 6.07) is 7.11. The van der Waals surface area contributed by atoms with Gasteiger partial charge in [0.1, 0.15) is 5.69 Å². The van der Waals surface area contributed by atoms with Gasteiger partial charge in [0.15, 0.2) is 5.65 Å². The van der Waals surface area contributed by atoms with E-state index in [1.165, 1.54) is 4.31 Å². The molecule has 5 rings (SSSR count). The molecule has 0 atom stereocenters. The zero-order valence-corrected chi connectivity index (χ0v) is 20.3. The minimum absolute atomic E-state index is 0.157. The highest BCUT2D eigenvalue weighted by molar-refractivity contribution is 7.89. The van der Waals surface area contributed by atoms with Crippen LogP contribution in [-0.2, 0) is 10.0 Å². The van der Waals surface area contributed by atoms with Gasteiger partial charge in [-0.25, -0.2) is 18.1 Å². The maximum atomic E-state index is 12.7. The first-order valence-corrected chi connectivity index (χ1v) is 13.7. The van der Waals surface area contributed by atoms with Crippen molar-refractivity contribution in [3.63, 3.8) is 0 Å². The molecule has 2 N–H and O–H groups in total. The molecule has 182 valence electrons. The monoisotopic (exact) mass is 484 g/mol. The van der Waals surface area contributed by atoms with Crippen LogP contribution in [-0.4, -0.2) is 63.3 Å². The van der Waals surface area contributed by atoms with Gasteiger partial charge in [-0.05, 0) is 50.7 Å². The Balaban J connectivity index is 1.51. The largest absolute Gasteiger partial charge is 0.393 e. The number of benzene rings is 1. The van der Waals surface area contributed by atoms with Crippen LogP contribution in [0.15, 0.2) is 35.4 Å². The van der Waals surface area contributed by atoms with Crippen LogP contribution in [0.25, 0.3) is 22.3 Å². The molecule has 2 aromatic heterocycles. The van der Waals surface area contributed by atoms with Crippen molar-refractivity contribution in [2.75, 3.05) is 25.0 Å². The van der Waals surface area contributed by atoms with E-state index in [0.29, 0.717) is 23.9 Å². The number of aliphatic hydroxyl groups excluding tert-OH is 1. The Kier molecular flexibility index (Phi) is 6.54. The maximum Gasteiger partial charge on any atom is 0.243 e. The fourth-order valence-corrected chi connectivity index (χ4v) is 6.13.